The van der Waals surface area contributed by atoms with Gasteiger partial charge in [0.1, 0.15) is 5.60 Å². The van der Waals surface area contributed by atoms with Crippen molar-refractivity contribution in [2.75, 3.05) is 0 Å². The molecule has 0 aliphatic heterocycles. The lowest BCUT2D eigenvalue weighted by Gasteiger charge is -2.21. The van der Waals surface area contributed by atoms with Gasteiger partial charge in [-0.15, -0.1) is 0 Å². The number of aryl methyl sites for hydroxylation is 2. The molecule has 86 valence electrons. The fraction of sp³-hybridized carbons (Fsp3) is 0.500. The summed E-state index contributed by atoms with van der Waals surface area (Å²) in [5.74, 6) is -0.147. The first-order valence-corrected chi connectivity index (χ1v) is 5.76. The Balaban J connectivity index is 1.98. The van der Waals surface area contributed by atoms with Crippen molar-refractivity contribution in [2.24, 2.45) is 0 Å². The van der Waals surface area contributed by atoms with Crippen LogP contribution in [0.3, 0.4) is 0 Å². The van der Waals surface area contributed by atoms with E-state index in [0.717, 1.165) is 12.0 Å². The van der Waals surface area contributed by atoms with E-state index < -0.39 is 5.60 Å². The van der Waals surface area contributed by atoms with Crippen molar-refractivity contribution in [1.29, 1.82) is 0 Å². The summed E-state index contributed by atoms with van der Waals surface area (Å²) in [7, 11) is 0. The van der Waals surface area contributed by atoms with Crippen molar-refractivity contribution in [2.45, 2.75) is 45.6 Å². The maximum absolute atomic E-state index is 11.6. The first-order chi connectivity index (χ1) is 7.44. The van der Waals surface area contributed by atoms with Crippen LogP contribution in [0.25, 0.3) is 0 Å². The Kier molecular flexibility index (Phi) is 2.75. The van der Waals surface area contributed by atoms with Gasteiger partial charge in [-0.05, 0) is 50.3 Å². The van der Waals surface area contributed by atoms with Gasteiger partial charge < -0.3 is 4.74 Å². The Bertz CT molecular complexity index is 413. The van der Waals surface area contributed by atoms with Crippen molar-refractivity contribution in [3.05, 3.63) is 34.9 Å². The Labute approximate surface area is 96.6 Å². The van der Waals surface area contributed by atoms with Crippen LogP contribution in [0, 0.1) is 0 Å². The van der Waals surface area contributed by atoms with Gasteiger partial charge in [0.2, 0.25) is 0 Å². The molecule has 1 aromatic carbocycles. The summed E-state index contributed by atoms with van der Waals surface area (Å²) in [5, 5.41) is 0. The number of benzene rings is 1. The van der Waals surface area contributed by atoms with E-state index in [0.29, 0.717) is 6.42 Å². The third-order valence-corrected chi connectivity index (χ3v) is 2.70. The Morgan fingerprint density at radius 3 is 2.44 bits per heavy atom. The predicted molar refractivity (Wildman–Crippen MR) is 63.4 cm³/mol. The molecule has 0 atom stereocenters. The monoisotopic (exact) mass is 218 g/mol. The zero-order chi connectivity index (χ0) is 11.8. The number of rotatable bonds is 2. The summed E-state index contributed by atoms with van der Waals surface area (Å²) in [6, 6.07) is 6.28. The van der Waals surface area contributed by atoms with Crippen LogP contribution in [0.4, 0.5) is 0 Å². The van der Waals surface area contributed by atoms with Crippen molar-refractivity contribution in [1.82, 2.24) is 0 Å². The van der Waals surface area contributed by atoms with Gasteiger partial charge in [-0.3, -0.25) is 4.79 Å². The molecule has 0 saturated carbocycles. The molecule has 1 aliphatic rings. The van der Waals surface area contributed by atoms with E-state index in [9.17, 15) is 4.79 Å². The van der Waals surface area contributed by atoms with Gasteiger partial charge >= 0.3 is 5.97 Å². The highest BCUT2D eigenvalue weighted by molar-refractivity contribution is 5.73. The third kappa shape index (κ3) is 2.63. The van der Waals surface area contributed by atoms with Crippen LogP contribution in [0.15, 0.2) is 18.2 Å². The highest BCUT2D eigenvalue weighted by atomic mass is 16.6. The summed E-state index contributed by atoms with van der Waals surface area (Å²) >= 11 is 0. The van der Waals surface area contributed by atoms with Crippen molar-refractivity contribution in [3.8, 4) is 0 Å². The molecule has 0 unspecified atom stereocenters. The standard InChI is InChI=1S/C14H18O2/c1-14(2,3)16-13(15)9-10-4-5-11-6-7-12(11)8-10/h4-5,8H,6-7,9H2,1-3H3. The minimum absolute atomic E-state index is 0.147. The second-order valence-corrected chi connectivity index (χ2v) is 5.37. The van der Waals surface area contributed by atoms with Gasteiger partial charge in [-0.25, -0.2) is 0 Å². The van der Waals surface area contributed by atoms with Crippen LogP contribution in [0.1, 0.15) is 37.5 Å². The summed E-state index contributed by atoms with van der Waals surface area (Å²) in [4.78, 5) is 11.6. The molecule has 2 rings (SSSR count). The lowest BCUT2D eigenvalue weighted by Crippen LogP contribution is -2.25. The summed E-state index contributed by atoms with van der Waals surface area (Å²) in [6.45, 7) is 5.67. The lowest BCUT2D eigenvalue weighted by atomic mass is 9.87. The van der Waals surface area contributed by atoms with E-state index in [1.54, 1.807) is 0 Å². The average molecular weight is 218 g/mol. The first-order valence-electron chi connectivity index (χ1n) is 5.76. The molecule has 0 aromatic heterocycles. The van der Waals surface area contributed by atoms with Gasteiger partial charge in [0, 0.05) is 0 Å². The Hall–Kier alpha value is -1.31. The largest absolute Gasteiger partial charge is 0.460 e. The fourth-order valence-electron chi connectivity index (χ4n) is 1.90. The summed E-state index contributed by atoms with van der Waals surface area (Å²) in [5.41, 5.74) is 3.48. The summed E-state index contributed by atoms with van der Waals surface area (Å²) < 4.78 is 5.29. The molecule has 1 aliphatic carbocycles. The normalized spacial score (nSPS) is 13.9. The maximum atomic E-state index is 11.6. The highest BCUT2D eigenvalue weighted by Crippen LogP contribution is 2.24. The van der Waals surface area contributed by atoms with Gasteiger partial charge in [0.25, 0.3) is 0 Å². The number of ether oxygens (including phenoxy) is 1. The molecule has 0 spiro atoms. The molecule has 0 saturated heterocycles. The molecule has 16 heavy (non-hydrogen) atoms. The zero-order valence-electron chi connectivity index (χ0n) is 10.2. The SMILES string of the molecule is CC(C)(C)OC(=O)Cc1ccc2c(c1)CC2. The van der Waals surface area contributed by atoms with Crippen molar-refractivity contribution in [3.63, 3.8) is 0 Å². The van der Waals surface area contributed by atoms with Crippen molar-refractivity contribution < 1.29 is 9.53 Å². The second-order valence-electron chi connectivity index (χ2n) is 5.37. The fourth-order valence-corrected chi connectivity index (χ4v) is 1.90. The molecular formula is C14H18O2. The van der Waals surface area contributed by atoms with Gasteiger partial charge in [-0.2, -0.15) is 0 Å². The van der Waals surface area contributed by atoms with E-state index in [1.807, 2.05) is 26.8 Å². The molecular weight excluding hydrogens is 200 g/mol. The van der Waals surface area contributed by atoms with E-state index in [4.69, 9.17) is 4.74 Å². The first kappa shape index (κ1) is 11.2. The molecule has 1 aromatic rings. The quantitative estimate of drug-likeness (QED) is 0.713. The van der Waals surface area contributed by atoms with Crippen LogP contribution in [-0.2, 0) is 28.8 Å². The van der Waals surface area contributed by atoms with Gasteiger partial charge in [0.05, 0.1) is 6.42 Å². The van der Waals surface area contributed by atoms with Crippen LogP contribution >= 0.6 is 0 Å². The lowest BCUT2D eigenvalue weighted by molar-refractivity contribution is -0.153. The molecule has 0 bridgehead atoms. The minimum atomic E-state index is -0.392. The number of hydrogen-bond donors (Lipinski definition) is 0. The van der Waals surface area contributed by atoms with E-state index in [1.165, 1.54) is 17.5 Å². The number of fused-ring (bicyclic) bond motifs is 1. The minimum Gasteiger partial charge on any atom is -0.460 e. The number of carbonyl (C=O) groups is 1. The maximum Gasteiger partial charge on any atom is 0.310 e. The second kappa shape index (κ2) is 3.93. The van der Waals surface area contributed by atoms with E-state index in [-0.39, 0.29) is 5.97 Å². The molecule has 2 nitrogen and oxygen atoms in total. The Morgan fingerprint density at radius 1 is 1.25 bits per heavy atom. The molecule has 2 heteroatoms. The summed E-state index contributed by atoms with van der Waals surface area (Å²) in [6.07, 6.45) is 2.71. The predicted octanol–water partition coefficient (Wildman–Crippen LogP) is 2.67. The van der Waals surface area contributed by atoms with Crippen LogP contribution in [0.5, 0.6) is 0 Å². The Morgan fingerprint density at radius 2 is 1.94 bits per heavy atom. The molecule has 0 amide bonds. The molecule has 0 fully saturated rings. The topological polar surface area (TPSA) is 26.3 Å². The van der Waals surface area contributed by atoms with E-state index in [2.05, 4.69) is 12.1 Å². The van der Waals surface area contributed by atoms with Crippen LogP contribution in [-0.4, -0.2) is 11.6 Å². The van der Waals surface area contributed by atoms with E-state index >= 15 is 0 Å². The van der Waals surface area contributed by atoms with Crippen LogP contribution < -0.4 is 0 Å². The van der Waals surface area contributed by atoms with Gasteiger partial charge in [0.15, 0.2) is 0 Å². The highest BCUT2D eigenvalue weighted by Gasteiger charge is 2.18. The number of carbonyl (C=O) groups excluding carboxylic acids is 1. The van der Waals surface area contributed by atoms with Crippen LogP contribution in [0.2, 0.25) is 0 Å². The average Bonchev–Trinajstić information content (AvgIpc) is 2.06. The van der Waals surface area contributed by atoms with Gasteiger partial charge in [-0.1, -0.05) is 18.2 Å². The molecule has 0 heterocycles. The number of esters is 1. The number of hydrogen-bond acceptors (Lipinski definition) is 2. The zero-order valence-corrected chi connectivity index (χ0v) is 10.2. The van der Waals surface area contributed by atoms with Crippen molar-refractivity contribution >= 4 is 5.97 Å². The molecule has 0 radical (unpaired) electrons. The molecule has 0 N–H and O–H groups in total. The third-order valence-electron chi connectivity index (χ3n) is 2.70. The smallest absolute Gasteiger partial charge is 0.310 e.